The molecule has 2 heterocycles. The van der Waals surface area contributed by atoms with Gasteiger partial charge in [0.2, 0.25) is 0 Å². The number of aliphatic hydroxyl groups is 1. The van der Waals surface area contributed by atoms with Gasteiger partial charge in [-0.1, -0.05) is 24.3 Å². The van der Waals surface area contributed by atoms with Crippen molar-refractivity contribution in [3.05, 3.63) is 94.7 Å². The van der Waals surface area contributed by atoms with Gasteiger partial charge >= 0.3 is 0 Å². The van der Waals surface area contributed by atoms with Crippen molar-refractivity contribution in [2.45, 2.75) is 44.6 Å². The Kier molecular flexibility index (Phi) is 9.43. The van der Waals surface area contributed by atoms with E-state index in [-0.39, 0.29) is 41.9 Å². The van der Waals surface area contributed by atoms with E-state index in [4.69, 9.17) is 15.2 Å². The zero-order valence-corrected chi connectivity index (χ0v) is 26.2. The van der Waals surface area contributed by atoms with Gasteiger partial charge < -0.3 is 25.3 Å². The van der Waals surface area contributed by atoms with Crippen LogP contribution < -0.4 is 10.5 Å². The molecule has 1 unspecified atom stereocenters. The maximum absolute atomic E-state index is 15.5. The lowest BCUT2D eigenvalue weighted by Crippen LogP contribution is -2.46. The van der Waals surface area contributed by atoms with Crippen LogP contribution in [0.2, 0.25) is 0 Å². The third kappa shape index (κ3) is 6.67. The molecule has 0 fully saturated rings. The monoisotopic (exact) mass is 620 g/mol. The Morgan fingerprint density at radius 2 is 1.91 bits per heavy atom. The number of benzene rings is 3. The topological polar surface area (TPSA) is 105 Å². The average Bonchev–Trinajstić information content (AvgIpc) is 3.47. The second-order valence-corrected chi connectivity index (χ2v) is 12.9. The molecule has 1 aromatic heterocycles. The number of amidine groups is 2. The van der Waals surface area contributed by atoms with Crippen molar-refractivity contribution in [2.75, 3.05) is 31.8 Å². The van der Waals surface area contributed by atoms with Crippen LogP contribution in [0.4, 0.5) is 8.78 Å². The first kappa shape index (κ1) is 31.7. The van der Waals surface area contributed by atoms with Gasteiger partial charge in [0.25, 0.3) is 0 Å². The Balaban J connectivity index is 1.64. The molecule has 0 spiro atoms. The third-order valence-electron chi connectivity index (χ3n) is 7.93. The van der Waals surface area contributed by atoms with E-state index >= 15 is 8.78 Å². The van der Waals surface area contributed by atoms with Crippen molar-refractivity contribution < 1.29 is 23.4 Å². The smallest absolute Gasteiger partial charge is 0.168 e. The van der Waals surface area contributed by atoms with Crippen molar-refractivity contribution in [3.63, 3.8) is 0 Å². The van der Waals surface area contributed by atoms with E-state index in [0.717, 1.165) is 22.1 Å². The summed E-state index contributed by atoms with van der Waals surface area (Å²) in [6.45, 7) is 6.18. The molecule has 10 heteroatoms. The quantitative estimate of drug-likeness (QED) is 0.241. The van der Waals surface area contributed by atoms with Gasteiger partial charge in [0.05, 0.1) is 23.2 Å². The Morgan fingerprint density at radius 3 is 2.68 bits per heavy atom. The number of thioether (sulfide) groups is 1. The SMILES string of the molecule is CN=C1N=C(N)C(C)(c2cccc(CCO)c2)COC(C)(C)CSCCc2c(c(F)cc3[nH]ccc23)Oc2ccc(F)c1c2. The summed E-state index contributed by atoms with van der Waals surface area (Å²) in [6, 6.07) is 15.3. The van der Waals surface area contributed by atoms with Crippen LogP contribution >= 0.6 is 11.8 Å². The molecule has 1 aliphatic rings. The van der Waals surface area contributed by atoms with E-state index in [2.05, 4.69) is 15.0 Å². The van der Waals surface area contributed by atoms with Crippen LogP contribution in [0.15, 0.2) is 70.8 Å². The van der Waals surface area contributed by atoms with Crippen molar-refractivity contribution in [1.82, 2.24) is 4.98 Å². The number of hydrogen-bond acceptors (Lipinski definition) is 6. The summed E-state index contributed by atoms with van der Waals surface area (Å²) >= 11 is 1.70. The Labute approximate surface area is 260 Å². The van der Waals surface area contributed by atoms with Crippen LogP contribution in [-0.2, 0) is 23.0 Å². The van der Waals surface area contributed by atoms with E-state index < -0.39 is 22.7 Å². The minimum Gasteiger partial charge on any atom is -0.454 e. The number of aryl methyl sites for hydroxylation is 1. The van der Waals surface area contributed by atoms with Crippen LogP contribution in [-0.4, -0.2) is 59.1 Å². The second kappa shape index (κ2) is 13.1. The number of nitrogens with one attached hydrogen (secondary N) is 1. The van der Waals surface area contributed by atoms with Crippen molar-refractivity contribution >= 4 is 34.3 Å². The van der Waals surface area contributed by atoms with Crippen LogP contribution in [0.1, 0.15) is 43.0 Å². The molecule has 0 saturated carbocycles. The van der Waals surface area contributed by atoms with E-state index in [9.17, 15) is 5.11 Å². The lowest BCUT2D eigenvalue weighted by molar-refractivity contribution is -0.0137. The number of fused-ring (bicyclic) bond motifs is 5. The summed E-state index contributed by atoms with van der Waals surface area (Å²) in [6.07, 6.45) is 2.81. The van der Waals surface area contributed by atoms with E-state index in [1.807, 2.05) is 51.1 Å². The molecule has 0 amide bonds. The second-order valence-electron chi connectivity index (χ2n) is 11.7. The highest BCUT2D eigenvalue weighted by atomic mass is 32.2. The molecule has 7 nitrogen and oxygen atoms in total. The standard InChI is InChI=1S/C34H38F2N4O3S/c1-33(2)20-44-15-12-25-24-10-13-39-29(24)18-28(36)30(25)43-23-8-9-27(35)26(17-23)31(38-4)40-32(37)34(3,19-42-33)22-7-5-6-21(16-22)11-14-41/h5-10,13,16-18,39,41H,11-12,14-15,19-20H2,1-4H3,(H2,37,38,40). The molecule has 5 rings (SSSR count). The van der Waals surface area contributed by atoms with Crippen molar-refractivity contribution in [3.8, 4) is 11.5 Å². The Hall–Kier alpha value is -3.73. The van der Waals surface area contributed by atoms with Crippen LogP contribution in [0, 0.1) is 11.6 Å². The van der Waals surface area contributed by atoms with E-state index in [1.165, 1.54) is 31.3 Å². The Morgan fingerprint density at radius 1 is 1.09 bits per heavy atom. The highest BCUT2D eigenvalue weighted by molar-refractivity contribution is 7.99. The number of nitrogens with zero attached hydrogens (tertiary/aromatic N) is 2. The maximum Gasteiger partial charge on any atom is 0.168 e. The number of aliphatic imine (C=N–C) groups is 2. The number of rotatable bonds is 3. The first-order valence-electron chi connectivity index (χ1n) is 14.5. The van der Waals surface area contributed by atoms with E-state index in [1.54, 1.807) is 18.0 Å². The Bertz CT molecular complexity index is 1720. The predicted octanol–water partition coefficient (Wildman–Crippen LogP) is 6.55. The average molecular weight is 621 g/mol. The lowest BCUT2D eigenvalue weighted by Gasteiger charge is -2.35. The molecule has 1 atom stereocenters. The van der Waals surface area contributed by atoms with Gasteiger partial charge in [0.15, 0.2) is 17.4 Å². The zero-order valence-electron chi connectivity index (χ0n) is 25.4. The minimum absolute atomic E-state index is 0.0121. The van der Waals surface area contributed by atoms with Crippen LogP contribution in [0.25, 0.3) is 10.9 Å². The number of nitrogens with two attached hydrogens (primary N) is 1. The van der Waals surface area contributed by atoms with Crippen molar-refractivity contribution in [1.29, 1.82) is 0 Å². The van der Waals surface area contributed by atoms with Gasteiger partial charge in [-0.2, -0.15) is 11.8 Å². The number of aromatic amines is 1. The summed E-state index contributed by atoms with van der Waals surface area (Å²) in [4.78, 5) is 12.0. The molecule has 0 saturated heterocycles. The molecule has 3 aromatic carbocycles. The van der Waals surface area contributed by atoms with Gasteiger partial charge in [-0.3, -0.25) is 4.99 Å². The molecule has 0 aliphatic carbocycles. The molecule has 0 radical (unpaired) electrons. The fourth-order valence-electron chi connectivity index (χ4n) is 5.29. The normalized spacial score (nSPS) is 20.5. The summed E-state index contributed by atoms with van der Waals surface area (Å²) < 4.78 is 43.5. The molecular formula is C34H38F2N4O3S. The lowest BCUT2D eigenvalue weighted by atomic mass is 9.81. The largest absolute Gasteiger partial charge is 0.454 e. The summed E-state index contributed by atoms with van der Waals surface area (Å²) in [5.74, 6) is 0.856. The molecule has 4 aromatic rings. The molecule has 232 valence electrons. The molecule has 1 aliphatic heterocycles. The molecule has 44 heavy (non-hydrogen) atoms. The van der Waals surface area contributed by atoms with Gasteiger partial charge in [0.1, 0.15) is 17.4 Å². The number of aromatic nitrogens is 1. The van der Waals surface area contributed by atoms with Crippen LogP contribution in [0.5, 0.6) is 11.5 Å². The zero-order chi connectivity index (χ0) is 31.5. The highest BCUT2D eigenvalue weighted by Gasteiger charge is 2.35. The van der Waals surface area contributed by atoms with Crippen LogP contribution in [0.3, 0.4) is 0 Å². The number of halogens is 2. The number of aliphatic hydroxyl groups excluding tert-OH is 1. The predicted molar refractivity (Wildman–Crippen MR) is 174 cm³/mol. The first-order chi connectivity index (χ1) is 21.0. The summed E-state index contributed by atoms with van der Waals surface area (Å²) in [7, 11) is 1.51. The summed E-state index contributed by atoms with van der Waals surface area (Å²) in [5.41, 5.74) is 8.56. The van der Waals surface area contributed by atoms with Gasteiger partial charge in [0, 0.05) is 48.1 Å². The first-order valence-corrected chi connectivity index (χ1v) is 15.7. The molecule has 2 bridgehead atoms. The number of hydrogen-bond donors (Lipinski definition) is 3. The highest BCUT2D eigenvalue weighted by Crippen LogP contribution is 2.37. The fraction of sp³-hybridized carbons (Fsp3) is 0.353. The van der Waals surface area contributed by atoms with Gasteiger partial charge in [-0.15, -0.1) is 0 Å². The number of H-pyrrole nitrogens is 1. The maximum atomic E-state index is 15.5. The van der Waals surface area contributed by atoms with Gasteiger partial charge in [-0.05, 0) is 74.8 Å². The molecule has 4 N–H and O–H groups in total. The fourth-order valence-corrected chi connectivity index (χ4v) is 6.35. The van der Waals surface area contributed by atoms with E-state index in [0.29, 0.717) is 29.9 Å². The summed E-state index contributed by atoms with van der Waals surface area (Å²) in [5, 5.41) is 10.4. The van der Waals surface area contributed by atoms with Crippen molar-refractivity contribution in [2.24, 2.45) is 15.7 Å². The number of ether oxygens (including phenoxy) is 2. The van der Waals surface area contributed by atoms with Gasteiger partial charge in [-0.25, -0.2) is 13.8 Å². The third-order valence-corrected chi connectivity index (χ3v) is 9.32. The minimum atomic E-state index is -0.916. The molecular weight excluding hydrogens is 582 g/mol.